The van der Waals surface area contributed by atoms with Gasteiger partial charge in [-0.2, -0.15) is 0 Å². The first kappa shape index (κ1) is 33.6. The van der Waals surface area contributed by atoms with Gasteiger partial charge in [0.05, 0.1) is 0 Å². The molecule has 0 fully saturated rings. The van der Waals surface area contributed by atoms with Crippen molar-refractivity contribution in [1.29, 1.82) is 0 Å². The summed E-state index contributed by atoms with van der Waals surface area (Å²) in [6, 6.07) is 67.8. The van der Waals surface area contributed by atoms with E-state index in [-0.39, 0.29) is 0 Å². The Bertz CT molecular complexity index is 3350. The predicted molar refractivity (Wildman–Crippen MR) is 239 cm³/mol. The Labute approximate surface area is 344 Å². The highest BCUT2D eigenvalue weighted by Gasteiger charge is 2.48. The molecule has 5 nitrogen and oxygen atoms in total. The molecule has 0 bridgehead atoms. The number of benzene rings is 8. The zero-order valence-corrected chi connectivity index (χ0v) is 32.4. The average molecular weight is 773 g/mol. The number of para-hydroxylation sites is 1. The number of thiophene rings is 1. The van der Waals surface area contributed by atoms with Crippen LogP contribution in [0.4, 0.5) is 0 Å². The van der Waals surface area contributed by atoms with E-state index in [1.807, 2.05) is 60.7 Å². The van der Waals surface area contributed by atoms with Gasteiger partial charge < -0.3 is 4.42 Å². The Morgan fingerprint density at radius 2 is 1.03 bits per heavy atom. The van der Waals surface area contributed by atoms with E-state index in [9.17, 15) is 0 Å². The topological polar surface area (TPSA) is 64.7 Å². The zero-order chi connectivity index (χ0) is 38.9. The molecule has 8 aromatic carbocycles. The number of aromatic nitrogens is 4. The highest BCUT2D eigenvalue weighted by atomic mass is 32.1. The van der Waals surface area contributed by atoms with Crippen molar-refractivity contribution < 1.29 is 4.42 Å². The summed E-state index contributed by atoms with van der Waals surface area (Å²) in [5.41, 5.74) is 11.5. The van der Waals surface area contributed by atoms with Crippen molar-refractivity contribution in [3.63, 3.8) is 0 Å². The third-order valence-corrected chi connectivity index (χ3v) is 12.8. The first-order valence-electron chi connectivity index (χ1n) is 19.7. The molecule has 0 saturated heterocycles. The van der Waals surface area contributed by atoms with Crippen LogP contribution in [0.1, 0.15) is 22.5 Å². The molecule has 0 amide bonds. The largest absolute Gasteiger partial charge is 0.436 e. The van der Waals surface area contributed by atoms with E-state index < -0.39 is 5.41 Å². The van der Waals surface area contributed by atoms with Gasteiger partial charge in [0.2, 0.25) is 5.89 Å². The summed E-state index contributed by atoms with van der Waals surface area (Å²) in [5, 5.41) is 2.25. The van der Waals surface area contributed by atoms with Crippen LogP contribution in [0.5, 0.6) is 0 Å². The zero-order valence-electron chi connectivity index (χ0n) is 31.6. The lowest BCUT2D eigenvalue weighted by Crippen LogP contribution is -2.31. The van der Waals surface area contributed by atoms with E-state index in [4.69, 9.17) is 24.4 Å². The standard InChI is InChI=1S/C53H32N4OS/c1-4-16-33(17-5-1)49-55-50(57-52(56-49)53(36-20-8-3-9-21-36)42-26-12-10-22-38(42)39-23-11-13-27-43(39)53)40-25-15-29-46-47(40)41-32-35(30-31-45(41)59-46)37-24-14-28-44-48(37)54-51(58-44)34-18-6-2-7-19-34/h1-32H. The van der Waals surface area contributed by atoms with Crippen molar-refractivity contribution in [2.75, 3.05) is 0 Å². The lowest BCUT2D eigenvalue weighted by Gasteiger charge is -2.32. The molecule has 3 aromatic heterocycles. The fraction of sp³-hybridized carbons (Fsp3) is 0.0189. The Balaban J connectivity index is 1.11. The van der Waals surface area contributed by atoms with Gasteiger partial charge in [-0.1, -0.05) is 158 Å². The summed E-state index contributed by atoms with van der Waals surface area (Å²) in [7, 11) is 0. The molecule has 0 aliphatic heterocycles. The van der Waals surface area contributed by atoms with Gasteiger partial charge in [0, 0.05) is 42.4 Å². The van der Waals surface area contributed by atoms with E-state index >= 15 is 0 Å². The molecule has 59 heavy (non-hydrogen) atoms. The van der Waals surface area contributed by atoms with E-state index in [1.54, 1.807) is 11.3 Å². The van der Waals surface area contributed by atoms with Crippen molar-refractivity contribution in [1.82, 2.24) is 19.9 Å². The minimum absolute atomic E-state index is 0.609. The highest BCUT2D eigenvalue weighted by Crippen LogP contribution is 2.55. The second kappa shape index (κ2) is 13.3. The van der Waals surface area contributed by atoms with Crippen LogP contribution in [-0.2, 0) is 5.41 Å². The molecule has 11 aromatic rings. The van der Waals surface area contributed by atoms with Crippen molar-refractivity contribution >= 4 is 42.6 Å². The van der Waals surface area contributed by atoms with Gasteiger partial charge in [0.15, 0.2) is 23.1 Å². The second-order valence-corrected chi connectivity index (χ2v) is 16.0. The molecule has 12 rings (SSSR count). The summed E-state index contributed by atoms with van der Waals surface area (Å²) in [4.78, 5) is 21.4. The summed E-state index contributed by atoms with van der Waals surface area (Å²) >= 11 is 1.78. The predicted octanol–water partition coefficient (Wildman–Crippen LogP) is 13.4. The second-order valence-electron chi connectivity index (χ2n) is 14.9. The van der Waals surface area contributed by atoms with Crippen molar-refractivity contribution in [2.24, 2.45) is 0 Å². The van der Waals surface area contributed by atoms with E-state index in [0.717, 1.165) is 66.4 Å². The Morgan fingerprint density at radius 1 is 0.424 bits per heavy atom. The van der Waals surface area contributed by atoms with Crippen LogP contribution < -0.4 is 0 Å². The van der Waals surface area contributed by atoms with E-state index in [1.165, 1.54) is 20.5 Å². The maximum absolute atomic E-state index is 6.29. The summed E-state index contributed by atoms with van der Waals surface area (Å²) in [5.74, 6) is 2.56. The SMILES string of the molecule is c1ccc(-c2nc(-c3cccc4sc5ccc(-c6cccc7oc(-c8ccccc8)nc67)cc5c34)nc(C3(c4ccccc4)c4ccccc4-c4ccccc43)n2)cc1. The quantitative estimate of drug-likeness (QED) is 0.168. The number of hydrogen-bond acceptors (Lipinski definition) is 6. The van der Waals surface area contributed by atoms with Gasteiger partial charge in [0.25, 0.3) is 0 Å². The molecule has 3 heterocycles. The molecule has 0 saturated carbocycles. The summed E-state index contributed by atoms with van der Waals surface area (Å²) in [6.45, 7) is 0. The fourth-order valence-corrected chi connectivity index (χ4v) is 10.2. The monoisotopic (exact) mass is 772 g/mol. The number of hydrogen-bond donors (Lipinski definition) is 0. The third-order valence-electron chi connectivity index (χ3n) is 11.6. The first-order chi connectivity index (χ1) is 29.2. The fourth-order valence-electron chi connectivity index (χ4n) is 9.05. The van der Waals surface area contributed by atoms with E-state index in [0.29, 0.717) is 23.4 Å². The van der Waals surface area contributed by atoms with Crippen LogP contribution in [0.3, 0.4) is 0 Å². The minimum atomic E-state index is -0.789. The number of oxazole rings is 1. The first-order valence-corrected chi connectivity index (χ1v) is 20.5. The molecule has 276 valence electrons. The number of rotatable bonds is 6. The van der Waals surface area contributed by atoms with Crippen molar-refractivity contribution in [3.8, 4) is 56.5 Å². The van der Waals surface area contributed by atoms with Gasteiger partial charge in [-0.25, -0.2) is 19.9 Å². The highest BCUT2D eigenvalue weighted by molar-refractivity contribution is 7.26. The third kappa shape index (κ3) is 5.17. The van der Waals surface area contributed by atoms with Gasteiger partial charge in [-0.05, 0) is 69.8 Å². The van der Waals surface area contributed by atoms with Crippen LogP contribution in [-0.4, -0.2) is 19.9 Å². The lowest BCUT2D eigenvalue weighted by atomic mass is 9.71. The van der Waals surface area contributed by atoms with Gasteiger partial charge in [0.1, 0.15) is 10.9 Å². The van der Waals surface area contributed by atoms with Crippen LogP contribution in [0.2, 0.25) is 0 Å². The van der Waals surface area contributed by atoms with Crippen LogP contribution in [0, 0.1) is 0 Å². The van der Waals surface area contributed by atoms with E-state index in [2.05, 4.69) is 133 Å². The normalized spacial score (nSPS) is 12.9. The molecule has 0 unspecified atom stereocenters. The molecule has 0 radical (unpaired) electrons. The van der Waals surface area contributed by atoms with Crippen LogP contribution in [0.15, 0.2) is 199 Å². The lowest BCUT2D eigenvalue weighted by molar-refractivity contribution is 0.620. The Hall–Kier alpha value is -7.54. The molecule has 0 atom stereocenters. The Morgan fingerprint density at radius 3 is 1.78 bits per heavy atom. The smallest absolute Gasteiger partial charge is 0.227 e. The molecule has 6 heteroatoms. The maximum atomic E-state index is 6.29. The van der Waals surface area contributed by atoms with Gasteiger partial charge in [-0.3, -0.25) is 0 Å². The molecule has 1 aliphatic carbocycles. The van der Waals surface area contributed by atoms with Gasteiger partial charge in [-0.15, -0.1) is 11.3 Å². The average Bonchev–Trinajstić information content (AvgIpc) is 4.01. The van der Waals surface area contributed by atoms with Crippen molar-refractivity contribution in [2.45, 2.75) is 5.41 Å². The van der Waals surface area contributed by atoms with Crippen molar-refractivity contribution in [3.05, 3.63) is 217 Å². The van der Waals surface area contributed by atoms with Crippen LogP contribution in [0.25, 0.3) is 87.8 Å². The Kier molecular flexibility index (Phi) is 7.55. The molecule has 0 N–H and O–H groups in total. The summed E-state index contributed by atoms with van der Waals surface area (Å²) < 4.78 is 8.64. The number of fused-ring (bicyclic) bond motifs is 7. The molecule has 1 aliphatic rings. The van der Waals surface area contributed by atoms with Crippen LogP contribution >= 0.6 is 11.3 Å². The number of nitrogens with zero attached hydrogens (tertiary/aromatic N) is 4. The molecular weight excluding hydrogens is 741 g/mol. The minimum Gasteiger partial charge on any atom is -0.436 e. The molecule has 0 spiro atoms. The van der Waals surface area contributed by atoms with Gasteiger partial charge >= 0.3 is 0 Å². The molecular formula is C53H32N4OS. The summed E-state index contributed by atoms with van der Waals surface area (Å²) in [6.07, 6.45) is 0. The maximum Gasteiger partial charge on any atom is 0.227 e.